The van der Waals surface area contributed by atoms with Gasteiger partial charge in [-0.1, -0.05) is 60.2 Å². The average Bonchev–Trinajstić information content (AvgIpc) is 2.90. The van der Waals surface area contributed by atoms with Crippen molar-refractivity contribution < 1.29 is 4.79 Å². The molecule has 178 valence electrons. The molecule has 0 spiro atoms. The van der Waals surface area contributed by atoms with Gasteiger partial charge >= 0.3 is 0 Å². The van der Waals surface area contributed by atoms with Gasteiger partial charge in [0.25, 0.3) is 5.56 Å². The van der Waals surface area contributed by atoms with Crippen LogP contribution in [-0.4, -0.2) is 39.5 Å². The van der Waals surface area contributed by atoms with Crippen LogP contribution in [0.15, 0.2) is 83.7 Å². The van der Waals surface area contributed by atoms with Crippen LogP contribution < -0.4 is 5.56 Å². The molecule has 0 bridgehead atoms. The number of hydrogen-bond donors (Lipinski definition) is 0. The van der Waals surface area contributed by atoms with Gasteiger partial charge in [0.2, 0.25) is 0 Å². The Morgan fingerprint density at radius 2 is 1.57 bits per heavy atom. The lowest BCUT2D eigenvalue weighted by Gasteiger charge is -2.31. The van der Waals surface area contributed by atoms with Crippen molar-refractivity contribution in [2.45, 2.75) is 26.3 Å². The van der Waals surface area contributed by atoms with E-state index in [9.17, 15) is 9.59 Å². The van der Waals surface area contributed by atoms with Crippen molar-refractivity contribution in [3.63, 3.8) is 0 Å². The summed E-state index contributed by atoms with van der Waals surface area (Å²) in [7, 11) is 0. The van der Waals surface area contributed by atoms with Gasteiger partial charge in [-0.2, -0.15) is 0 Å². The molecule has 0 saturated carbocycles. The molecule has 0 aliphatic carbocycles. The third kappa shape index (κ3) is 4.77. The van der Waals surface area contributed by atoms with Gasteiger partial charge in [0.15, 0.2) is 10.6 Å². The van der Waals surface area contributed by atoms with Crippen molar-refractivity contribution >= 4 is 28.9 Å². The number of para-hydroxylation sites is 1. The zero-order chi connectivity index (χ0) is 24.4. The minimum atomic E-state index is -0.0463. The molecule has 5 nitrogen and oxygen atoms in total. The Labute approximate surface area is 210 Å². The second kappa shape index (κ2) is 10.1. The molecule has 0 unspecified atom stereocenters. The highest BCUT2D eigenvalue weighted by molar-refractivity contribution is 7.71. The van der Waals surface area contributed by atoms with E-state index in [1.54, 1.807) is 4.57 Å². The number of nitrogens with zero attached hydrogens (tertiary/aromatic N) is 3. The van der Waals surface area contributed by atoms with Crippen molar-refractivity contribution in [3.05, 3.63) is 105 Å². The number of fused-ring (bicyclic) bond motifs is 1. The lowest BCUT2D eigenvalue weighted by atomic mass is 9.89. The summed E-state index contributed by atoms with van der Waals surface area (Å²) in [5, 5.41) is 0.676. The highest BCUT2D eigenvalue weighted by atomic mass is 32.1. The largest absolute Gasteiger partial charge is 0.302 e. The molecule has 5 rings (SSSR count). The molecule has 1 aromatic heterocycles. The Kier molecular flexibility index (Phi) is 6.75. The van der Waals surface area contributed by atoms with Crippen LogP contribution in [0.2, 0.25) is 0 Å². The van der Waals surface area contributed by atoms with Crippen LogP contribution in [0.3, 0.4) is 0 Å². The molecule has 6 heteroatoms. The minimum absolute atomic E-state index is 0.0463. The summed E-state index contributed by atoms with van der Waals surface area (Å²) in [6, 6.07) is 25.5. The molecule has 3 aromatic carbocycles. The average molecular weight is 484 g/mol. The zero-order valence-corrected chi connectivity index (χ0v) is 20.7. The van der Waals surface area contributed by atoms with E-state index in [2.05, 4.69) is 4.90 Å². The molecule has 0 amide bonds. The maximum Gasteiger partial charge on any atom is 0.262 e. The standard InChI is InChI=1S/C29H29N3O2S/c1-21-12-13-26-25(20-21)28(34)31(29(35)32(26)24-10-6-3-7-11-24)19-18-30-16-14-23(15-17-30)27(33)22-8-4-2-5-9-22/h2-13,20,23H,14-19H2,1H3. The van der Waals surface area contributed by atoms with Crippen molar-refractivity contribution in [2.24, 2.45) is 5.92 Å². The number of aromatic nitrogens is 2. The lowest BCUT2D eigenvalue weighted by Crippen LogP contribution is -2.39. The van der Waals surface area contributed by atoms with Gasteiger partial charge in [0.05, 0.1) is 10.9 Å². The second-order valence-electron chi connectivity index (χ2n) is 9.28. The lowest BCUT2D eigenvalue weighted by molar-refractivity contribution is 0.0837. The van der Waals surface area contributed by atoms with E-state index in [0.717, 1.165) is 54.8 Å². The fourth-order valence-corrected chi connectivity index (χ4v) is 5.37. The summed E-state index contributed by atoms with van der Waals surface area (Å²) in [5.41, 5.74) is 3.57. The monoisotopic (exact) mass is 483 g/mol. The number of ketones is 1. The number of rotatable bonds is 6. The van der Waals surface area contributed by atoms with E-state index in [0.29, 0.717) is 16.7 Å². The molecule has 1 aliphatic heterocycles. The maximum absolute atomic E-state index is 13.5. The highest BCUT2D eigenvalue weighted by Gasteiger charge is 2.25. The molecule has 0 N–H and O–H groups in total. The predicted octanol–water partition coefficient (Wildman–Crippen LogP) is 5.43. The smallest absolute Gasteiger partial charge is 0.262 e. The number of Topliss-reactive ketones (excluding diaryl/α,β-unsaturated/α-hetero) is 1. The number of piperidine rings is 1. The molecule has 1 fully saturated rings. The Morgan fingerprint density at radius 3 is 2.26 bits per heavy atom. The number of benzene rings is 3. The Hall–Kier alpha value is -3.35. The molecule has 2 heterocycles. The van der Waals surface area contributed by atoms with Gasteiger partial charge in [0, 0.05) is 30.3 Å². The van der Waals surface area contributed by atoms with E-state index in [1.165, 1.54) is 0 Å². The number of likely N-dealkylation sites (tertiary alicyclic amines) is 1. The molecular weight excluding hydrogens is 454 g/mol. The maximum atomic E-state index is 13.5. The first kappa shape index (κ1) is 23.4. The third-order valence-electron chi connectivity index (χ3n) is 6.96. The fraction of sp³-hybridized carbons (Fsp3) is 0.276. The number of carbonyl (C=O) groups excluding carboxylic acids is 1. The fourth-order valence-electron chi connectivity index (χ4n) is 4.99. The first-order valence-electron chi connectivity index (χ1n) is 12.2. The molecule has 35 heavy (non-hydrogen) atoms. The second-order valence-corrected chi connectivity index (χ2v) is 9.64. The van der Waals surface area contributed by atoms with Gasteiger partial charge in [-0.25, -0.2) is 0 Å². The Balaban J connectivity index is 1.37. The van der Waals surface area contributed by atoms with Crippen LogP contribution in [-0.2, 0) is 6.54 Å². The van der Waals surface area contributed by atoms with Crippen LogP contribution >= 0.6 is 12.2 Å². The summed E-state index contributed by atoms with van der Waals surface area (Å²) < 4.78 is 4.23. The van der Waals surface area contributed by atoms with Crippen molar-refractivity contribution in [3.8, 4) is 5.69 Å². The third-order valence-corrected chi connectivity index (χ3v) is 7.36. The van der Waals surface area contributed by atoms with Crippen LogP contribution in [0.4, 0.5) is 0 Å². The van der Waals surface area contributed by atoms with Crippen LogP contribution in [0.5, 0.6) is 0 Å². The van der Waals surface area contributed by atoms with Crippen LogP contribution in [0.25, 0.3) is 16.6 Å². The van der Waals surface area contributed by atoms with E-state index in [4.69, 9.17) is 12.2 Å². The topological polar surface area (TPSA) is 47.2 Å². The molecule has 0 radical (unpaired) electrons. The quantitative estimate of drug-likeness (QED) is 0.271. The molecule has 1 aliphatic rings. The molecule has 0 atom stereocenters. The number of hydrogen-bond acceptors (Lipinski definition) is 4. The highest BCUT2D eigenvalue weighted by Crippen LogP contribution is 2.22. The van der Waals surface area contributed by atoms with Gasteiger partial charge in [-0.05, 0) is 69.3 Å². The van der Waals surface area contributed by atoms with Crippen LogP contribution in [0.1, 0.15) is 28.8 Å². The molecule has 1 saturated heterocycles. The summed E-state index contributed by atoms with van der Waals surface area (Å²) >= 11 is 5.86. The van der Waals surface area contributed by atoms with Gasteiger partial charge in [-0.3, -0.25) is 18.7 Å². The summed E-state index contributed by atoms with van der Waals surface area (Å²) in [5.74, 6) is 0.304. The van der Waals surface area contributed by atoms with Crippen molar-refractivity contribution in [1.82, 2.24) is 14.0 Å². The van der Waals surface area contributed by atoms with E-state index >= 15 is 0 Å². The predicted molar refractivity (Wildman–Crippen MR) is 143 cm³/mol. The normalized spacial score (nSPS) is 14.9. The first-order valence-corrected chi connectivity index (χ1v) is 12.6. The summed E-state index contributed by atoms with van der Waals surface area (Å²) in [6.07, 6.45) is 1.68. The Morgan fingerprint density at radius 1 is 0.914 bits per heavy atom. The van der Waals surface area contributed by atoms with Gasteiger partial charge in [-0.15, -0.1) is 0 Å². The van der Waals surface area contributed by atoms with E-state index < -0.39 is 0 Å². The Bertz CT molecular complexity index is 1470. The summed E-state index contributed by atoms with van der Waals surface area (Å²) in [6.45, 7) is 4.93. The number of aryl methyl sites for hydroxylation is 1. The zero-order valence-electron chi connectivity index (χ0n) is 19.9. The number of carbonyl (C=O) groups is 1. The SMILES string of the molecule is Cc1ccc2c(c1)c(=O)n(CCN1CCC(C(=O)c3ccccc3)CC1)c(=S)n2-c1ccccc1. The van der Waals surface area contributed by atoms with Crippen LogP contribution in [0, 0.1) is 17.6 Å². The molecular formula is C29H29N3O2S. The molecule has 4 aromatic rings. The van der Waals surface area contributed by atoms with Gasteiger partial charge < -0.3 is 4.90 Å². The van der Waals surface area contributed by atoms with Gasteiger partial charge in [0.1, 0.15) is 0 Å². The minimum Gasteiger partial charge on any atom is -0.302 e. The van der Waals surface area contributed by atoms with Crippen molar-refractivity contribution in [2.75, 3.05) is 19.6 Å². The van der Waals surface area contributed by atoms with E-state index in [1.807, 2.05) is 90.4 Å². The summed E-state index contributed by atoms with van der Waals surface area (Å²) in [4.78, 5) is 28.6. The first-order chi connectivity index (χ1) is 17.0. The van der Waals surface area contributed by atoms with E-state index in [-0.39, 0.29) is 17.3 Å². The van der Waals surface area contributed by atoms with Crippen molar-refractivity contribution in [1.29, 1.82) is 0 Å².